The lowest BCUT2D eigenvalue weighted by Gasteiger charge is -2.36. The van der Waals surface area contributed by atoms with Crippen molar-refractivity contribution >= 4 is 20.7 Å². The van der Waals surface area contributed by atoms with Crippen molar-refractivity contribution in [2.24, 2.45) is 0 Å². The molecule has 43 heavy (non-hydrogen) atoms. The van der Waals surface area contributed by atoms with E-state index in [-0.39, 0.29) is 24.7 Å². The Balaban J connectivity index is 1.93. The molecule has 0 aliphatic heterocycles. The van der Waals surface area contributed by atoms with Crippen molar-refractivity contribution in [1.29, 1.82) is 0 Å². The first-order chi connectivity index (χ1) is 20.1. The first kappa shape index (κ1) is 33.7. The standard InChI is InChI=1S/C33H45N3O6Si/c1-32(2,3)42-31(38)36(19-26-17-25(21-37)18-27(34-26)23-41-43(8,9)33(4,5)6)20-28-29(15-16-30(35-28)39-7)40-22-24-13-11-10-12-14-24/h10-18,21H,19-20,22-23H2,1-9H3. The summed E-state index contributed by atoms with van der Waals surface area (Å²) >= 11 is 0. The van der Waals surface area contributed by atoms with Crippen molar-refractivity contribution in [3.63, 3.8) is 0 Å². The Morgan fingerprint density at radius 3 is 2.19 bits per heavy atom. The van der Waals surface area contributed by atoms with Gasteiger partial charge in [-0.15, -0.1) is 0 Å². The number of hydrogen-bond acceptors (Lipinski definition) is 8. The Labute approximate surface area is 256 Å². The number of rotatable bonds is 12. The lowest BCUT2D eigenvalue weighted by Crippen LogP contribution is -2.40. The van der Waals surface area contributed by atoms with E-state index in [1.807, 2.05) is 51.1 Å². The predicted octanol–water partition coefficient (Wildman–Crippen LogP) is 7.34. The Morgan fingerprint density at radius 1 is 0.907 bits per heavy atom. The Kier molecular flexibility index (Phi) is 11.1. The van der Waals surface area contributed by atoms with Gasteiger partial charge in [-0.25, -0.2) is 9.78 Å². The molecule has 0 atom stereocenters. The number of pyridine rings is 2. The van der Waals surface area contributed by atoms with Gasteiger partial charge < -0.3 is 18.6 Å². The minimum absolute atomic E-state index is 0.0235. The molecule has 2 heterocycles. The third-order valence-electron chi connectivity index (χ3n) is 7.18. The molecule has 0 bridgehead atoms. The van der Waals surface area contributed by atoms with E-state index in [4.69, 9.17) is 23.6 Å². The zero-order valence-electron chi connectivity index (χ0n) is 26.9. The molecule has 232 valence electrons. The van der Waals surface area contributed by atoms with Gasteiger partial charge in [-0.05, 0) is 62.7 Å². The quantitative estimate of drug-likeness (QED) is 0.156. The second kappa shape index (κ2) is 14.1. The molecule has 0 aliphatic carbocycles. The van der Waals surface area contributed by atoms with Crippen LogP contribution in [0.3, 0.4) is 0 Å². The number of amides is 1. The van der Waals surface area contributed by atoms with Gasteiger partial charge >= 0.3 is 6.09 Å². The minimum atomic E-state index is -2.06. The second-order valence-electron chi connectivity index (χ2n) is 13.0. The molecule has 0 spiro atoms. The van der Waals surface area contributed by atoms with Crippen LogP contribution in [0.5, 0.6) is 11.6 Å². The Morgan fingerprint density at radius 2 is 1.58 bits per heavy atom. The largest absolute Gasteiger partial charge is 0.487 e. The number of benzene rings is 1. The number of ether oxygens (including phenoxy) is 3. The average Bonchev–Trinajstić information content (AvgIpc) is 2.94. The van der Waals surface area contributed by atoms with Crippen molar-refractivity contribution in [3.05, 3.63) is 82.8 Å². The number of aldehydes is 1. The van der Waals surface area contributed by atoms with Crippen molar-refractivity contribution in [2.75, 3.05) is 7.11 Å². The van der Waals surface area contributed by atoms with Crippen molar-refractivity contribution in [1.82, 2.24) is 14.9 Å². The number of nitrogens with zero attached hydrogens (tertiary/aromatic N) is 3. The molecule has 0 unspecified atom stereocenters. The monoisotopic (exact) mass is 607 g/mol. The fraction of sp³-hybridized carbons (Fsp3) is 0.455. The topological polar surface area (TPSA) is 100 Å². The fourth-order valence-electron chi connectivity index (χ4n) is 3.82. The van der Waals surface area contributed by atoms with E-state index in [1.165, 1.54) is 12.0 Å². The summed E-state index contributed by atoms with van der Waals surface area (Å²) in [6.45, 7) is 17.0. The first-order valence-electron chi connectivity index (χ1n) is 14.4. The maximum Gasteiger partial charge on any atom is 0.410 e. The SMILES string of the molecule is COc1ccc(OCc2ccccc2)c(CN(Cc2cc(C=O)cc(CO[Si](C)(C)C(C)(C)C)n2)C(=O)OC(C)(C)C)n1. The summed E-state index contributed by atoms with van der Waals surface area (Å²) in [6.07, 6.45) is 0.223. The number of methoxy groups -OCH3 is 1. The number of carbonyl (C=O) groups excluding carboxylic acids is 2. The maximum atomic E-state index is 13.5. The van der Waals surface area contributed by atoms with Crippen molar-refractivity contribution < 1.29 is 28.2 Å². The van der Waals surface area contributed by atoms with Gasteiger partial charge in [-0.3, -0.25) is 14.7 Å². The molecule has 9 nitrogen and oxygen atoms in total. The molecule has 0 radical (unpaired) electrons. The molecule has 0 fully saturated rings. The van der Waals surface area contributed by atoms with Gasteiger partial charge in [-0.1, -0.05) is 51.1 Å². The highest BCUT2D eigenvalue weighted by Gasteiger charge is 2.37. The van der Waals surface area contributed by atoms with Gasteiger partial charge in [0, 0.05) is 11.6 Å². The molecule has 0 aliphatic rings. The van der Waals surface area contributed by atoms with Crippen molar-refractivity contribution in [3.8, 4) is 11.6 Å². The summed E-state index contributed by atoms with van der Waals surface area (Å²) in [5.74, 6) is 0.897. The summed E-state index contributed by atoms with van der Waals surface area (Å²) in [6, 6.07) is 16.7. The Hall–Kier alpha value is -3.76. The maximum absolute atomic E-state index is 13.5. The summed E-state index contributed by atoms with van der Waals surface area (Å²) in [5, 5.41) is 0.0235. The zero-order valence-corrected chi connectivity index (χ0v) is 27.9. The van der Waals surface area contributed by atoms with E-state index >= 15 is 0 Å². The van der Waals surface area contributed by atoms with Gasteiger partial charge in [0.15, 0.2) is 8.32 Å². The van der Waals surface area contributed by atoms with Crippen LogP contribution in [-0.2, 0) is 35.5 Å². The van der Waals surface area contributed by atoms with Crippen LogP contribution in [0.2, 0.25) is 18.1 Å². The smallest absolute Gasteiger partial charge is 0.410 e. The van der Waals surface area contributed by atoms with Gasteiger partial charge in [0.05, 0.1) is 38.2 Å². The van der Waals surface area contributed by atoms with E-state index < -0.39 is 20.0 Å². The highest BCUT2D eigenvalue weighted by molar-refractivity contribution is 6.74. The molecular formula is C33H45N3O6Si. The van der Waals surface area contributed by atoms with Crippen LogP contribution < -0.4 is 9.47 Å². The summed E-state index contributed by atoms with van der Waals surface area (Å²) in [5.41, 5.74) is 2.36. The van der Waals surface area contributed by atoms with E-state index in [0.717, 1.165) is 11.8 Å². The lowest BCUT2D eigenvalue weighted by atomic mass is 10.2. The molecule has 0 N–H and O–H groups in total. The van der Waals surface area contributed by atoms with Crippen LogP contribution >= 0.6 is 0 Å². The molecule has 0 saturated carbocycles. The third-order valence-corrected chi connectivity index (χ3v) is 11.7. The van der Waals surface area contributed by atoms with Gasteiger partial charge in [0.25, 0.3) is 0 Å². The molecule has 3 aromatic rings. The second-order valence-corrected chi connectivity index (χ2v) is 17.8. The summed E-state index contributed by atoms with van der Waals surface area (Å²) < 4.78 is 23.6. The van der Waals surface area contributed by atoms with E-state index in [9.17, 15) is 9.59 Å². The van der Waals surface area contributed by atoms with Gasteiger partial charge in [0.1, 0.15) is 29.9 Å². The molecular weight excluding hydrogens is 562 g/mol. The van der Waals surface area contributed by atoms with Crippen LogP contribution in [0, 0.1) is 0 Å². The number of aromatic nitrogens is 2. The van der Waals surface area contributed by atoms with Crippen molar-refractivity contribution in [2.45, 2.75) is 91.6 Å². The first-order valence-corrected chi connectivity index (χ1v) is 17.3. The van der Waals surface area contributed by atoms with E-state index in [2.05, 4.69) is 38.8 Å². The summed E-state index contributed by atoms with van der Waals surface area (Å²) in [7, 11) is -0.523. The molecule has 1 aromatic carbocycles. The highest BCUT2D eigenvalue weighted by Crippen LogP contribution is 2.37. The lowest BCUT2D eigenvalue weighted by molar-refractivity contribution is 0.0209. The number of carbonyl (C=O) groups is 2. The normalized spacial score (nSPS) is 12.0. The highest BCUT2D eigenvalue weighted by atomic mass is 28.4. The van der Waals surface area contributed by atoms with Crippen LogP contribution in [0.1, 0.15) is 74.5 Å². The van der Waals surface area contributed by atoms with Crippen LogP contribution in [0.25, 0.3) is 0 Å². The third kappa shape index (κ3) is 10.2. The molecule has 10 heteroatoms. The van der Waals surface area contributed by atoms with E-state index in [1.54, 1.807) is 24.3 Å². The average molecular weight is 608 g/mol. The molecule has 1 amide bonds. The predicted molar refractivity (Wildman–Crippen MR) is 169 cm³/mol. The molecule has 2 aromatic heterocycles. The molecule has 3 rings (SSSR count). The van der Waals surface area contributed by atoms with Crippen LogP contribution in [0.4, 0.5) is 4.79 Å². The van der Waals surface area contributed by atoms with Gasteiger partial charge in [0.2, 0.25) is 5.88 Å². The fourth-order valence-corrected chi connectivity index (χ4v) is 4.76. The Bertz CT molecular complexity index is 1380. The van der Waals surface area contributed by atoms with Crippen LogP contribution in [0.15, 0.2) is 54.6 Å². The van der Waals surface area contributed by atoms with Gasteiger partial charge in [-0.2, -0.15) is 0 Å². The minimum Gasteiger partial charge on any atom is -0.487 e. The van der Waals surface area contributed by atoms with E-state index in [0.29, 0.717) is 40.9 Å². The summed E-state index contributed by atoms with van der Waals surface area (Å²) in [4.78, 5) is 36.3. The zero-order chi connectivity index (χ0) is 31.8. The van der Waals surface area contributed by atoms with Crippen LogP contribution in [-0.4, -0.2) is 48.3 Å². The molecule has 0 saturated heterocycles. The number of hydrogen-bond donors (Lipinski definition) is 0.